The molecule has 0 radical (unpaired) electrons. The summed E-state index contributed by atoms with van der Waals surface area (Å²) in [5, 5.41) is 10.5. The van der Waals surface area contributed by atoms with Gasteiger partial charge in [0.25, 0.3) is 11.0 Å². The number of fused-ring (bicyclic) bond motifs is 2. The highest BCUT2D eigenvalue weighted by atomic mass is 35.5. The molecule has 0 aliphatic rings. The highest BCUT2D eigenvalue weighted by Gasteiger charge is 2.20. The Morgan fingerprint density at radius 3 is 1.77 bits per heavy atom. The second-order valence-corrected chi connectivity index (χ2v) is 12.1. The molecule has 2 aromatic heterocycles. The molecule has 2 aromatic carbocycles. The van der Waals surface area contributed by atoms with Crippen LogP contribution in [0.4, 0.5) is 11.4 Å². The van der Waals surface area contributed by atoms with Crippen molar-refractivity contribution < 1.29 is 19.1 Å². The number of pyridine rings is 2. The minimum absolute atomic E-state index is 0.574. The van der Waals surface area contributed by atoms with Crippen LogP contribution in [0.5, 0.6) is 0 Å². The maximum Gasteiger partial charge on any atom is 0.268 e. The van der Waals surface area contributed by atoms with Crippen molar-refractivity contribution in [1.82, 2.24) is 4.90 Å². The second-order valence-electron chi connectivity index (χ2n) is 11.7. The summed E-state index contributed by atoms with van der Waals surface area (Å²) in [6, 6.07) is 17.3. The topological polar surface area (TPSA) is 53.5 Å². The molecule has 0 spiro atoms. The van der Waals surface area contributed by atoms with Gasteiger partial charge in [0.2, 0.25) is 12.4 Å². The molecule has 238 valence electrons. The number of hydrogen-bond acceptors (Lipinski definition) is 5. The van der Waals surface area contributed by atoms with E-state index in [0.717, 1.165) is 54.0 Å². The van der Waals surface area contributed by atoms with Gasteiger partial charge in [-0.3, -0.25) is 14.6 Å². The number of nitrogens with zero attached hydrogens (tertiary/aromatic N) is 3. The van der Waals surface area contributed by atoms with Crippen LogP contribution in [0.2, 0.25) is 5.02 Å². The van der Waals surface area contributed by atoms with Gasteiger partial charge in [0, 0.05) is 71.0 Å². The summed E-state index contributed by atoms with van der Waals surface area (Å²) in [5.41, 5.74) is 5.46. The van der Waals surface area contributed by atoms with Gasteiger partial charge in [0.05, 0.1) is 22.1 Å². The van der Waals surface area contributed by atoms with Crippen LogP contribution in [0.1, 0.15) is 70.8 Å². The zero-order valence-corrected chi connectivity index (χ0v) is 28.1. The summed E-state index contributed by atoms with van der Waals surface area (Å²) in [7, 11) is 3.38. The molecule has 4 rings (SSSR count). The molecular weight excluding hydrogens is 570 g/mol. The molecule has 2 heterocycles. The van der Waals surface area contributed by atoms with Crippen LogP contribution in [-0.2, 0) is 0 Å². The molecule has 0 saturated carbocycles. The van der Waals surface area contributed by atoms with Crippen LogP contribution < -0.4 is 29.8 Å². The number of nitrogens with one attached hydrogen (secondary N) is 2. The van der Waals surface area contributed by atoms with Gasteiger partial charge in [-0.2, -0.15) is 0 Å². The van der Waals surface area contributed by atoms with E-state index in [0.29, 0.717) is 11.1 Å². The molecule has 7 nitrogen and oxygen atoms in total. The normalized spacial score (nSPS) is 11.5. The van der Waals surface area contributed by atoms with Crippen LogP contribution in [0.3, 0.4) is 0 Å². The zero-order valence-electron chi connectivity index (χ0n) is 27.4. The van der Waals surface area contributed by atoms with Crippen LogP contribution >= 0.6 is 11.6 Å². The summed E-state index contributed by atoms with van der Waals surface area (Å²) in [4.78, 5) is 13.8. The first-order valence-corrected chi connectivity index (χ1v) is 16.8. The number of aryl methyl sites for hydroxylation is 1. The lowest BCUT2D eigenvalue weighted by atomic mass is 10.00. The predicted octanol–water partition coefficient (Wildman–Crippen LogP) is 7.00. The number of anilines is 2. The quantitative estimate of drug-likeness (QED) is 0.0872. The molecule has 8 heteroatoms. The summed E-state index contributed by atoms with van der Waals surface area (Å²) >= 11 is 6.32. The van der Waals surface area contributed by atoms with E-state index in [1.807, 2.05) is 29.3 Å². The van der Waals surface area contributed by atoms with E-state index in [2.05, 4.69) is 72.7 Å². The Bertz CT molecular complexity index is 1370. The third-order valence-corrected chi connectivity index (χ3v) is 8.78. The molecule has 0 atom stereocenters. The Balaban J connectivity index is 1.50. The first-order valence-electron chi connectivity index (χ1n) is 16.4. The van der Waals surface area contributed by atoms with Gasteiger partial charge in [-0.05, 0) is 43.5 Å². The first kappa shape index (κ1) is 33.6. The van der Waals surface area contributed by atoms with Crippen molar-refractivity contribution >= 4 is 44.8 Å². The number of halogens is 1. The SMILES string of the molecule is CCCCCC(CCCCC)N(CCNc1cc[n+](OC)c2cc(C)ccc12)CCNc1cc[n+](OC)c2cc(Cl)ccc12. The van der Waals surface area contributed by atoms with Crippen molar-refractivity contribution in [3.8, 4) is 0 Å². The van der Waals surface area contributed by atoms with Crippen LogP contribution in [0.15, 0.2) is 60.9 Å². The van der Waals surface area contributed by atoms with Crippen molar-refractivity contribution in [2.24, 2.45) is 0 Å². The molecule has 0 aliphatic heterocycles. The molecule has 0 fully saturated rings. The van der Waals surface area contributed by atoms with Crippen LogP contribution in [-0.4, -0.2) is 51.3 Å². The zero-order chi connectivity index (χ0) is 31.3. The van der Waals surface area contributed by atoms with Gasteiger partial charge in [0.1, 0.15) is 14.2 Å². The highest BCUT2D eigenvalue weighted by Crippen LogP contribution is 2.25. The molecule has 0 aliphatic carbocycles. The van der Waals surface area contributed by atoms with Gasteiger partial charge in [-0.1, -0.05) is 70.0 Å². The lowest BCUT2D eigenvalue weighted by Crippen LogP contribution is -2.42. The predicted molar refractivity (Wildman–Crippen MR) is 184 cm³/mol. The summed E-state index contributed by atoms with van der Waals surface area (Å²) in [5.74, 6) is 0. The van der Waals surface area contributed by atoms with Gasteiger partial charge >= 0.3 is 0 Å². The van der Waals surface area contributed by atoms with Crippen molar-refractivity contribution in [3.05, 3.63) is 71.5 Å². The minimum atomic E-state index is 0.574. The van der Waals surface area contributed by atoms with Crippen molar-refractivity contribution in [2.75, 3.05) is 51.0 Å². The molecule has 2 N–H and O–H groups in total. The molecule has 0 bridgehead atoms. The number of benzene rings is 2. The average molecular weight is 622 g/mol. The van der Waals surface area contributed by atoms with Crippen molar-refractivity contribution in [3.63, 3.8) is 0 Å². The van der Waals surface area contributed by atoms with Crippen LogP contribution in [0.25, 0.3) is 21.8 Å². The fraction of sp³-hybridized carbons (Fsp3) is 0.500. The van der Waals surface area contributed by atoms with Crippen molar-refractivity contribution in [2.45, 2.75) is 78.2 Å². The maximum absolute atomic E-state index is 6.32. The summed E-state index contributed by atoms with van der Waals surface area (Å²) in [6.45, 7) is 10.4. The van der Waals surface area contributed by atoms with Gasteiger partial charge in [-0.25, -0.2) is 0 Å². The van der Waals surface area contributed by atoms with E-state index < -0.39 is 0 Å². The molecule has 4 aromatic rings. The smallest absolute Gasteiger partial charge is 0.268 e. The molecule has 44 heavy (non-hydrogen) atoms. The van der Waals surface area contributed by atoms with E-state index in [9.17, 15) is 0 Å². The highest BCUT2D eigenvalue weighted by molar-refractivity contribution is 6.31. The fourth-order valence-electron chi connectivity index (χ4n) is 6.13. The largest absolute Gasteiger partial charge is 0.383 e. The third-order valence-electron chi connectivity index (χ3n) is 8.54. The molecule has 0 unspecified atom stereocenters. The minimum Gasteiger partial charge on any atom is -0.383 e. The Morgan fingerprint density at radius 2 is 1.25 bits per heavy atom. The number of aromatic nitrogens is 2. The van der Waals surface area contributed by atoms with Gasteiger partial charge < -0.3 is 10.6 Å². The molecule has 0 amide bonds. The Morgan fingerprint density at radius 1 is 0.727 bits per heavy atom. The first-order chi connectivity index (χ1) is 21.5. The van der Waals surface area contributed by atoms with E-state index in [-0.39, 0.29) is 0 Å². The standard InChI is InChI=1S/C36H50ClN5O2/c1-6-8-10-12-30(13-11-9-7-2)40(24-20-38-33-18-22-41(43-4)35-26-28(3)14-16-31(33)35)25-21-39-34-19-23-42(44-5)36-27-29(37)15-17-32(34)36/h14-19,22-23,26-27,30H,6-13,20-21,24-25H2,1-5H3/p+2. The lowest BCUT2D eigenvalue weighted by molar-refractivity contribution is -0.865. The van der Waals surface area contributed by atoms with E-state index in [4.69, 9.17) is 21.3 Å². The Hall–Kier alpha value is -3.29. The Labute approximate surface area is 269 Å². The van der Waals surface area contributed by atoms with Crippen molar-refractivity contribution in [1.29, 1.82) is 0 Å². The van der Waals surface area contributed by atoms with E-state index in [1.165, 1.54) is 62.3 Å². The number of unbranched alkanes of at least 4 members (excludes halogenated alkanes) is 4. The van der Waals surface area contributed by atoms with E-state index in [1.54, 1.807) is 19.0 Å². The maximum atomic E-state index is 6.32. The second kappa shape index (κ2) is 17.3. The monoisotopic (exact) mass is 621 g/mol. The molecule has 0 saturated heterocycles. The van der Waals surface area contributed by atoms with Gasteiger partial charge in [0.15, 0.2) is 0 Å². The van der Waals surface area contributed by atoms with Crippen LogP contribution in [0, 0.1) is 6.92 Å². The van der Waals surface area contributed by atoms with Gasteiger partial charge in [-0.15, -0.1) is 0 Å². The lowest BCUT2D eigenvalue weighted by Gasteiger charge is -2.32. The number of hydrogen-bond donors (Lipinski definition) is 2. The fourth-order valence-corrected chi connectivity index (χ4v) is 6.30. The molecular formula is C36H52ClN5O2+2. The summed E-state index contributed by atoms with van der Waals surface area (Å²) < 4.78 is 3.59. The van der Waals surface area contributed by atoms with E-state index >= 15 is 0 Å². The number of rotatable bonds is 19. The average Bonchev–Trinajstić information content (AvgIpc) is 3.03. The summed E-state index contributed by atoms with van der Waals surface area (Å²) in [6.07, 6.45) is 14.1. The third kappa shape index (κ3) is 8.89. The Kier molecular flexibility index (Phi) is 13.2.